The number of amides is 2. The highest BCUT2D eigenvalue weighted by Gasteiger charge is 2.34. The summed E-state index contributed by atoms with van der Waals surface area (Å²) in [5.41, 5.74) is 1.53. The van der Waals surface area contributed by atoms with Crippen molar-refractivity contribution in [2.24, 2.45) is 0 Å². The Labute approximate surface area is 256 Å². The molecule has 1 saturated carbocycles. The second-order valence-electron chi connectivity index (χ2n) is 10.2. The smallest absolute Gasteiger partial charge is 0.264 e. The number of sulfonamides is 1. The Bertz CT molecular complexity index is 1510. The van der Waals surface area contributed by atoms with Gasteiger partial charge in [0, 0.05) is 17.6 Å². The number of anilines is 1. The van der Waals surface area contributed by atoms with Crippen LogP contribution < -0.4 is 9.62 Å². The van der Waals surface area contributed by atoms with Gasteiger partial charge in [0.15, 0.2) is 0 Å². The number of carbonyl (C=O) groups is 2. The maximum atomic E-state index is 14.1. The molecule has 1 atom stereocenters. The normalized spacial score (nSPS) is 14.5. The molecule has 3 aromatic carbocycles. The van der Waals surface area contributed by atoms with Gasteiger partial charge in [0.05, 0.1) is 20.6 Å². The molecule has 1 N–H and O–H groups in total. The molecule has 41 heavy (non-hydrogen) atoms. The van der Waals surface area contributed by atoms with E-state index in [0.29, 0.717) is 26.2 Å². The second kappa shape index (κ2) is 13.5. The Hall–Kier alpha value is -2.78. The van der Waals surface area contributed by atoms with E-state index >= 15 is 0 Å². The van der Waals surface area contributed by atoms with Crippen LogP contribution in [0.4, 0.5) is 5.69 Å². The number of aryl methyl sites for hydroxylation is 1. The number of nitrogens with zero attached hydrogens (tertiary/aromatic N) is 2. The summed E-state index contributed by atoms with van der Waals surface area (Å²) < 4.78 is 28.9. The summed E-state index contributed by atoms with van der Waals surface area (Å²) in [7, 11) is -4.18. The summed E-state index contributed by atoms with van der Waals surface area (Å²) in [5, 5.41) is 4.04. The Morgan fingerprint density at radius 3 is 2.29 bits per heavy atom. The zero-order chi connectivity index (χ0) is 29.7. The molecular weight excluding hydrogens is 605 g/mol. The lowest BCUT2D eigenvalue weighted by Crippen LogP contribution is -2.52. The fraction of sp³-hybridized carbons (Fsp3) is 0.333. The molecule has 3 aromatic rings. The zero-order valence-electron chi connectivity index (χ0n) is 22.8. The maximum absolute atomic E-state index is 14.1. The van der Waals surface area contributed by atoms with Crippen LogP contribution in [0.25, 0.3) is 0 Å². The van der Waals surface area contributed by atoms with Gasteiger partial charge in [-0.25, -0.2) is 8.42 Å². The van der Waals surface area contributed by atoms with Crippen LogP contribution in [0.1, 0.15) is 43.7 Å². The first-order chi connectivity index (χ1) is 19.5. The largest absolute Gasteiger partial charge is 0.352 e. The molecule has 0 aromatic heterocycles. The van der Waals surface area contributed by atoms with Gasteiger partial charge in [-0.3, -0.25) is 13.9 Å². The van der Waals surface area contributed by atoms with Crippen LogP contribution in [0.2, 0.25) is 15.1 Å². The van der Waals surface area contributed by atoms with Crippen molar-refractivity contribution in [3.8, 4) is 0 Å². The number of halogens is 3. The van der Waals surface area contributed by atoms with E-state index in [-0.39, 0.29) is 29.1 Å². The molecule has 0 saturated heterocycles. The number of nitrogens with one attached hydrogen (secondary N) is 1. The van der Waals surface area contributed by atoms with E-state index in [1.165, 1.54) is 23.1 Å². The van der Waals surface area contributed by atoms with Gasteiger partial charge >= 0.3 is 0 Å². The third kappa shape index (κ3) is 7.55. The summed E-state index contributed by atoms with van der Waals surface area (Å²) >= 11 is 18.6. The Balaban J connectivity index is 1.72. The summed E-state index contributed by atoms with van der Waals surface area (Å²) in [6.07, 6.45) is 3.85. The van der Waals surface area contributed by atoms with Crippen molar-refractivity contribution in [1.82, 2.24) is 10.2 Å². The third-order valence-corrected chi connectivity index (χ3v) is 10.0. The lowest BCUT2D eigenvalue weighted by Gasteiger charge is -2.33. The fourth-order valence-corrected chi connectivity index (χ4v) is 6.87. The minimum absolute atomic E-state index is 0.0166. The predicted octanol–water partition coefficient (Wildman–Crippen LogP) is 6.63. The first-order valence-corrected chi connectivity index (χ1v) is 15.9. The van der Waals surface area contributed by atoms with E-state index in [9.17, 15) is 18.0 Å². The van der Waals surface area contributed by atoms with Crippen molar-refractivity contribution in [2.45, 2.75) is 63.1 Å². The highest BCUT2D eigenvalue weighted by molar-refractivity contribution is 7.92. The Morgan fingerprint density at radius 2 is 1.63 bits per heavy atom. The molecule has 0 spiro atoms. The molecule has 2 amide bonds. The monoisotopic (exact) mass is 635 g/mol. The number of rotatable bonds is 10. The van der Waals surface area contributed by atoms with E-state index in [0.717, 1.165) is 30.0 Å². The van der Waals surface area contributed by atoms with Crippen molar-refractivity contribution in [2.75, 3.05) is 10.8 Å². The molecule has 4 rings (SSSR count). The Morgan fingerprint density at radius 1 is 0.951 bits per heavy atom. The zero-order valence-corrected chi connectivity index (χ0v) is 25.9. The molecular formula is C30H32Cl3N3O4S. The van der Waals surface area contributed by atoms with Crippen LogP contribution in [0.15, 0.2) is 71.6 Å². The highest BCUT2D eigenvalue weighted by Crippen LogP contribution is 2.30. The lowest BCUT2D eigenvalue weighted by molar-refractivity contribution is -0.139. The van der Waals surface area contributed by atoms with Crippen LogP contribution in [0.3, 0.4) is 0 Å². The van der Waals surface area contributed by atoms with Crippen LogP contribution in [-0.2, 0) is 26.2 Å². The number of hydrogen-bond acceptors (Lipinski definition) is 4. The van der Waals surface area contributed by atoms with Gasteiger partial charge in [-0.2, -0.15) is 0 Å². The van der Waals surface area contributed by atoms with Gasteiger partial charge in [0.25, 0.3) is 10.0 Å². The predicted molar refractivity (Wildman–Crippen MR) is 164 cm³/mol. The van der Waals surface area contributed by atoms with Gasteiger partial charge in [-0.15, -0.1) is 0 Å². The number of carbonyl (C=O) groups excluding carboxylic acids is 2. The molecule has 1 aliphatic carbocycles. The molecule has 11 heteroatoms. The van der Waals surface area contributed by atoms with E-state index in [1.807, 2.05) is 0 Å². The first kappa shape index (κ1) is 31.2. The standard InChI is InChI=1S/C30H32Cl3N3O4S/c1-20-12-14-23(31)17-28(20)36(41(39,40)25-10-4-3-5-11-25)19-29(37)35(18-22-13-15-26(32)27(33)16-22)21(2)30(38)34-24-8-6-7-9-24/h3-5,10-17,21,24H,6-9,18-19H2,1-2H3,(H,34,38)/t21-/m0/s1. The molecule has 7 nitrogen and oxygen atoms in total. The van der Waals surface area contributed by atoms with E-state index in [1.54, 1.807) is 62.4 Å². The molecule has 0 aliphatic heterocycles. The SMILES string of the molecule is Cc1ccc(Cl)cc1N(CC(=O)N(Cc1ccc(Cl)c(Cl)c1)[C@@H](C)C(=O)NC1CCCC1)S(=O)(=O)c1ccccc1. The summed E-state index contributed by atoms with van der Waals surface area (Å²) in [4.78, 5) is 28.8. The average molecular weight is 637 g/mol. The highest BCUT2D eigenvalue weighted by atomic mass is 35.5. The average Bonchev–Trinajstić information content (AvgIpc) is 3.46. The summed E-state index contributed by atoms with van der Waals surface area (Å²) in [6, 6.07) is 16.9. The number of benzene rings is 3. The van der Waals surface area contributed by atoms with E-state index in [2.05, 4.69) is 5.32 Å². The third-order valence-electron chi connectivity index (χ3n) is 7.26. The van der Waals surface area contributed by atoms with Gasteiger partial charge < -0.3 is 10.2 Å². The van der Waals surface area contributed by atoms with Crippen molar-refractivity contribution < 1.29 is 18.0 Å². The van der Waals surface area contributed by atoms with Gasteiger partial charge in [-0.1, -0.05) is 78.0 Å². The van der Waals surface area contributed by atoms with Crippen molar-refractivity contribution in [3.05, 3.63) is 92.9 Å². The van der Waals surface area contributed by atoms with Gasteiger partial charge in [-0.05, 0) is 74.2 Å². The molecule has 218 valence electrons. The fourth-order valence-electron chi connectivity index (χ4n) is 4.89. The minimum Gasteiger partial charge on any atom is -0.352 e. The molecule has 0 heterocycles. The van der Waals surface area contributed by atoms with Crippen molar-refractivity contribution in [1.29, 1.82) is 0 Å². The number of hydrogen-bond donors (Lipinski definition) is 1. The Kier molecular flexibility index (Phi) is 10.2. The van der Waals surface area contributed by atoms with E-state index in [4.69, 9.17) is 34.8 Å². The lowest BCUT2D eigenvalue weighted by atomic mass is 10.1. The molecule has 1 fully saturated rings. The minimum atomic E-state index is -4.18. The van der Waals surface area contributed by atoms with Crippen LogP contribution in [0, 0.1) is 6.92 Å². The van der Waals surface area contributed by atoms with Gasteiger partial charge in [0.1, 0.15) is 12.6 Å². The van der Waals surface area contributed by atoms with Crippen LogP contribution >= 0.6 is 34.8 Å². The quantitative estimate of drug-likeness (QED) is 0.271. The molecule has 0 unspecified atom stereocenters. The molecule has 1 aliphatic rings. The first-order valence-electron chi connectivity index (χ1n) is 13.3. The topological polar surface area (TPSA) is 86.8 Å². The van der Waals surface area contributed by atoms with E-state index < -0.39 is 28.5 Å². The second-order valence-corrected chi connectivity index (χ2v) is 13.3. The van der Waals surface area contributed by atoms with Gasteiger partial charge in [0.2, 0.25) is 11.8 Å². The maximum Gasteiger partial charge on any atom is 0.264 e. The van der Waals surface area contributed by atoms with Crippen molar-refractivity contribution >= 4 is 62.3 Å². The van der Waals surface area contributed by atoms with Crippen LogP contribution in [0.5, 0.6) is 0 Å². The van der Waals surface area contributed by atoms with Crippen molar-refractivity contribution in [3.63, 3.8) is 0 Å². The summed E-state index contributed by atoms with van der Waals surface area (Å²) in [5.74, 6) is -0.870. The molecule has 0 radical (unpaired) electrons. The molecule has 0 bridgehead atoms. The summed E-state index contributed by atoms with van der Waals surface area (Å²) in [6.45, 7) is 2.85. The van der Waals surface area contributed by atoms with Crippen LogP contribution in [-0.4, -0.2) is 43.8 Å².